The Morgan fingerprint density at radius 1 is 1.24 bits per heavy atom. The highest BCUT2D eigenvalue weighted by Gasteiger charge is 2.28. The van der Waals surface area contributed by atoms with Gasteiger partial charge in [0.05, 0.1) is 13.3 Å². The second kappa shape index (κ2) is 9.25. The normalized spacial score (nSPS) is 19.4. The molecule has 1 aliphatic heterocycles. The average Bonchev–Trinajstić information content (AvgIpc) is 2.63. The van der Waals surface area contributed by atoms with Gasteiger partial charge in [-0.15, -0.1) is 12.4 Å². The molecular formula is C18H23ClN4O2. The van der Waals surface area contributed by atoms with Crippen LogP contribution in [0.3, 0.4) is 0 Å². The number of benzene rings is 1. The maximum Gasteiger partial charge on any atom is 0.319 e. The SMILES string of the molecule is COc1ccc([C@@H]2CNCC[C@H]2NC(=O)Nc2ccccc2)nc1.Cl. The number of hydrogen-bond donors (Lipinski definition) is 3. The molecular weight excluding hydrogens is 340 g/mol. The first kappa shape index (κ1) is 19.0. The Balaban J connectivity index is 0.00000225. The number of hydrogen-bond acceptors (Lipinski definition) is 4. The number of rotatable bonds is 4. The second-order valence-electron chi connectivity index (χ2n) is 5.79. The summed E-state index contributed by atoms with van der Waals surface area (Å²) in [6, 6.07) is 13.1. The molecule has 2 heterocycles. The van der Waals surface area contributed by atoms with Crippen LogP contribution in [0.25, 0.3) is 0 Å². The van der Waals surface area contributed by atoms with Crippen LogP contribution < -0.4 is 20.7 Å². The summed E-state index contributed by atoms with van der Waals surface area (Å²) in [5.74, 6) is 0.861. The average molecular weight is 363 g/mol. The first-order valence-corrected chi connectivity index (χ1v) is 8.09. The van der Waals surface area contributed by atoms with Gasteiger partial charge >= 0.3 is 6.03 Å². The molecule has 134 valence electrons. The van der Waals surface area contributed by atoms with Gasteiger partial charge in [-0.2, -0.15) is 0 Å². The quantitative estimate of drug-likeness (QED) is 0.781. The Kier molecular flexibility index (Phi) is 7.03. The Morgan fingerprint density at radius 3 is 2.72 bits per heavy atom. The Bertz CT molecular complexity index is 667. The minimum atomic E-state index is -0.188. The first-order chi connectivity index (χ1) is 11.8. The lowest BCUT2D eigenvalue weighted by molar-refractivity contribution is 0.241. The van der Waals surface area contributed by atoms with Crippen LogP contribution in [0.1, 0.15) is 18.0 Å². The van der Waals surface area contributed by atoms with Crippen LogP contribution in [0.2, 0.25) is 0 Å². The highest BCUT2D eigenvalue weighted by atomic mass is 35.5. The lowest BCUT2D eigenvalue weighted by atomic mass is 9.90. The molecule has 0 radical (unpaired) electrons. The van der Waals surface area contributed by atoms with E-state index in [1.165, 1.54) is 0 Å². The number of anilines is 1. The van der Waals surface area contributed by atoms with Crippen LogP contribution >= 0.6 is 12.4 Å². The predicted octanol–water partition coefficient (Wildman–Crippen LogP) is 2.78. The van der Waals surface area contributed by atoms with Gasteiger partial charge in [-0.3, -0.25) is 4.98 Å². The molecule has 1 fully saturated rings. The molecule has 0 spiro atoms. The smallest absolute Gasteiger partial charge is 0.319 e. The van der Waals surface area contributed by atoms with Crippen LogP contribution in [0.5, 0.6) is 5.75 Å². The van der Waals surface area contributed by atoms with Crippen LogP contribution in [0.15, 0.2) is 48.7 Å². The van der Waals surface area contributed by atoms with E-state index in [2.05, 4.69) is 20.9 Å². The summed E-state index contributed by atoms with van der Waals surface area (Å²) in [6.07, 6.45) is 2.58. The summed E-state index contributed by atoms with van der Waals surface area (Å²) in [7, 11) is 1.62. The molecule has 1 aromatic heterocycles. The summed E-state index contributed by atoms with van der Waals surface area (Å²) < 4.78 is 5.16. The van der Waals surface area contributed by atoms with Crippen LogP contribution in [-0.2, 0) is 0 Å². The number of carbonyl (C=O) groups is 1. The van der Waals surface area contributed by atoms with Gasteiger partial charge in [0.2, 0.25) is 0 Å². The molecule has 0 saturated carbocycles. The number of amides is 2. The zero-order chi connectivity index (χ0) is 16.8. The van der Waals surface area contributed by atoms with Crippen molar-refractivity contribution >= 4 is 24.1 Å². The third-order valence-electron chi connectivity index (χ3n) is 4.21. The first-order valence-electron chi connectivity index (χ1n) is 8.09. The van der Waals surface area contributed by atoms with Crippen molar-refractivity contribution in [3.05, 3.63) is 54.4 Å². The molecule has 0 aliphatic carbocycles. The maximum atomic E-state index is 12.3. The minimum Gasteiger partial charge on any atom is -0.495 e. The molecule has 7 heteroatoms. The van der Waals surface area contributed by atoms with Gasteiger partial charge in [-0.1, -0.05) is 18.2 Å². The Morgan fingerprint density at radius 2 is 2.04 bits per heavy atom. The molecule has 3 N–H and O–H groups in total. The van der Waals surface area contributed by atoms with E-state index in [0.717, 1.165) is 36.6 Å². The third kappa shape index (κ3) is 5.08. The lowest BCUT2D eigenvalue weighted by Crippen LogP contribution is -2.49. The van der Waals surface area contributed by atoms with E-state index < -0.39 is 0 Å². The number of para-hydroxylation sites is 1. The number of nitrogens with zero attached hydrogens (tertiary/aromatic N) is 1. The fourth-order valence-corrected chi connectivity index (χ4v) is 2.93. The van der Waals surface area contributed by atoms with Crippen molar-refractivity contribution in [3.8, 4) is 5.75 Å². The van der Waals surface area contributed by atoms with Crippen molar-refractivity contribution in [2.24, 2.45) is 0 Å². The fourth-order valence-electron chi connectivity index (χ4n) is 2.93. The highest BCUT2D eigenvalue weighted by molar-refractivity contribution is 5.89. The van der Waals surface area contributed by atoms with Gasteiger partial charge in [-0.25, -0.2) is 4.79 Å². The predicted molar refractivity (Wildman–Crippen MR) is 101 cm³/mol. The molecule has 2 amide bonds. The highest BCUT2D eigenvalue weighted by Crippen LogP contribution is 2.23. The number of piperidine rings is 1. The molecule has 2 atom stereocenters. The van der Waals surface area contributed by atoms with E-state index in [-0.39, 0.29) is 30.4 Å². The van der Waals surface area contributed by atoms with Gasteiger partial charge < -0.3 is 20.7 Å². The van der Waals surface area contributed by atoms with E-state index in [9.17, 15) is 4.79 Å². The monoisotopic (exact) mass is 362 g/mol. The van der Waals surface area contributed by atoms with E-state index in [1.807, 2.05) is 42.5 Å². The van der Waals surface area contributed by atoms with Crippen molar-refractivity contribution in [3.63, 3.8) is 0 Å². The standard InChI is InChI=1S/C18H22N4O2.ClH/c1-24-14-7-8-16(20-11-14)15-12-19-10-9-17(15)22-18(23)21-13-5-3-2-4-6-13;/h2-8,11,15,17,19H,9-10,12H2,1H3,(H2,21,22,23);1H/t15-,17+;/m0./s1. The van der Waals surface area contributed by atoms with Crippen molar-refractivity contribution < 1.29 is 9.53 Å². The van der Waals surface area contributed by atoms with E-state index >= 15 is 0 Å². The Labute approximate surface area is 153 Å². The van der Waals surface area contributed by atoms with Gasteiger partial charge in [0.1, 0.15) is 5.75 Å². The van der Waals surface area contributed by atoms with Gasteiger partial charge in [0, 0.05) is 29.9 Å². The van der Waals surface area contributed by atoms with Crippen LogP contribution in [-0.4, -0.2) is 37.3 Å². The molecule has 3 rings (SSSR count). The second-order valence-corrected chi connectivity index (χ2v) is 5.79. The van der Waals surface area contributed by atoms with Crippen LogP contribution in [0.4, 0.5) is 10.5 Å². The van der Waals surface area contributed by atoms with Crippen molar-refractivity contribution in [1.29, 1.82) is 0 Å². The maximum absolute atomic E-state index is 12.3. The van der Waals surface area contributed by atoms with Crippen molar-refractivity contribution in [2.75, 3.05) is 25.5 Å². The topological polar surface area (TPSA) is 75.3 Å². The number of urea groups is 1. The summed E-state index contributed by atoms with van der Waals surface area (Å²) in [6.45, 7) is 1.67. The van der Waals surface area contributed by atoms with Crippen molar-refractivity contribution in [2.45, 2.75) is 18.4 Å². The molecule has 1 aromatic carbocycles. The minimum absolute atomic E-state index is 0. The number of aromatic nitrogens is 1. The zero-order valence-electron chi connectivity index (χ0n) is 14.1. The zero-order valence-corrected chi connectivity index (χ0v) is 14.9. The van der Waals surface area contributed by atoms with Crippen LogP contribution in [0, 0.1) is 0 Å². The summed E-state index contributed by atoms with van der Waals surface area (Å²) in [4.78, 5) is 16.8. The van der Waals surface area contributed by atoms with Gasteiger partial charge in [0.25, 0.3) is 0 Å². The molecule has 0 unspecified atom stereocenters. The summed E-state index contributed by atoms with van der Waals surface area (Å²) in [5, 5.41) is 9.32. The number of nitrogens with one attached hydrogen (secondary N) is 3. The van der Waals surface area contributed by atoms with E-state index in [1.54, 1.807) is 13.3 Å². The van der Waals surface area contributed by atoms with Crippen molar-refractivity contribution in [1.82, 2.24) is 15.6 Å². The molecule has 1 saturated heterocycles. The number of carbonyl (C=O) groups excluding carboxylic acids is 1. The number of pyridine rings is 1. The van der Waals surface area contributed by atoms with E-state index in [0.29, 0.717) is 0 Å². The third-order valence-corrected chi connectivity index (χ3v) is 4.21. The number of methoxy groups -OCH3 is 1. The number of ether oxygens (including phenoxy) is 1. The molecule has 25 heavy (non-hydrogen) atoms. The largest absolute Gasteiger partial charge is 0.495 e. The Hall–Kier alpha value is -2.31. The summed E-state index contributed by atoms with van der Waals surface area (Å²) in [5.41, 5.74) is 1.73. The molecule has 1 aliphatic rings. The molecule has 2 aromatic rings. The molecule has 6 nitrogen and oxygen atoms in total. The molecule has 0 bridgehead atoms. The summed E-state index contributed by atoms with van der Waals surface area (Å²) >= 11 is 0. The lowest BCUT2D eigenvalue weighted by Gasteiger charge is -2.32. The van der Waals surface area contributed by atoms with Gasteiger partial charge in [-0.05, 0) is 37.2 Å². The van der Waals surface area contributed by atoms with Gasteiger partial charge in [0.15, 0.2) is 0 Å². The van der Waals surface area contributed by atoms with E-state index in [4.69, 9.17) is 4.74 Å². The number of halogens is 1. The fraction of sp³-hybridized carbons (Fsp3) is 0.333.